The van der Waals surface area contributed by atoms with E-state index in [1.165, 1.54) is 0 Å². The van der Waals surface area contributed by atoms with E-state index < -0.39 is 17.0 Å². The standard InChI is InChI=1S/C7H13NO2.C5H9NO2/c1-2-10-6(9)7(8)4-3-5-7;6-5(4(7)8)2-1-3-5/h2-5,8H2,1H3;1-3,6H2,(H,7,8). The van der Waals surface area contributed by atoms with E-state index in [1.807, 2.05) is 0 Å². The summed E-state index contributed by atoms with van der Waals surface area (Å²) in [5.74, 6) is -1.09. The third-order valence-corrected chi connectivity index (χ3v) is 3.60. The molecule has 0 aliphatic heterocycles. The van der Waals surface area contributed by atoms with Crippen LogP contribution in [-0.2, 0) is 14.3 Å². The van der Waals surface area contributed by atoms with Gasteiger partial charge in [-0.3, -0.25) is 9.59 Å². The summed E-state index contributed by atoms with van der Waals surface area (Å²) in [5, 5.41) is 8.37. The number of carboxylic acid groups (broad SMARTS) is 1. The third kappa shape index (κ3) is 3.20. The van der Waals surface area contributed by atoms with Gasteiger partial charge in [-0.1, -0.05) is 0 Å². The molecule has 0 saturated heterocycles. The Kier molecular flexibility index (Phi) is 4.70. The monoisotopic (exact) mass is 258 g/mol. The van der Waals surface area contributed by atoms with Crippen LogP contribution in [0.2, 0.25) is 0 Å². The van der Waals surface area contributed by atoms with Gasteiger partial charge >= 0.3 is 11.9 Å². The minimum Gasteiger partial charge on any atom is -0.480 e. The summed E-state index contributed by atoms with van der Waals surface area (Å²) in [6.07, 6.45) is 4.86. The van der Waals surface area contributed by atoms with Crippen molar-refractivity contribution < 1.29 is 19.4 Å². The van der Waals surface area contributed by atoms with Crippen molar-refractivity contribution in [3.8, 4) is 0 Å². The second-order valence-electron chi connectivity index (χ2n) is 5.05. The first-order chi connectivity index (χ1) is 8.34. The zero-order chi connectivity index (χ0) is 13.8. The summed E-state index contributed by atoms with van der Waals surface area (Å²) < 4.78 is 4.78. The van der Waals surface area contributed by atoms with E-state index in [0.29, 0.717) is 19.4 Å². The molecule has 0 atom stereocenters. The van der Waals surface area contributed by atoms with Gasteiger partial charge in [-0.2, -0.15) is 0 Å². The number of carbonyl (C=O) groups excluding carboxylic acids is 1. The van der Waals surface area contributed by atoms with E-state index in [2.05, 4.69) is 0 Å². The van der Waals surface area contributed by atoms with E-state index in [-0.39, 0.29) is 5.97 Å². The number of carboxylic acids is 1. The number of aliphatic carboxylic acids is 1. The van der Waals surface area contributed by atoms with Crippen molar-refractivity contribution in [2.24, 2.45) is 11.5 Å². The highest BCUT2D eigenvalue weighted by Crippen LogP contribution is 2.30. The van der Waals surface area contributed by atoms with Crippen LogP contribution in [0.5, 0.6) is 0 Å². The van der Waals surface area contributed by atoms with Gasteiger partial charge < -0.3 is 21.3 Å². The molecule has 2 saturated carbocycles. The first-order valence-electron chi connectivity index (χ1n) is 6.32. The van der Waals surface area contributed by atoms with Gasteiger partial charge in [-0.15, -0.1) is 0 Å². The lowest BCUT2D eigenvalue weighted by Gasteiger charge is -2.34. The molecule has 0 aromatic rings. The molecule has 5 N–H and O–H groups in total. The van der Waals surface area contributed by atoms with Crippen LogP contribution >= 0.6 is 0 Å². The summed E-state index contributed by atoms with van der Waals surface area (Å²) in [7, 11) is 0. The van der Waals surface area contributed by atoms with Crippen LogP contribution in [0.15, 0.2) is 0 Å². The topological polar surface area (TPSA) is 116 Å². The van der Waals surface area contributed by atoms with Gasteiger partial charge in [0.25, 0.3) is 0 Å². The molecule has 0 amide bonds. The summed E-state index contributed by atoms with van der Waals surface area (Å²) in [5.41, 5.74) is 9.51. The van der Waals surface area contributed by atoms with E-state index >= 15 is 0 Å². The van der Waals surface area contributed by atoms with Crippen LogP contribution in [0.25, 0.3) is 0 Å². The van der Waals surface area contributed by atoms with E-state index in [4.69, 9.17) is 21.3 Å². The molecule has 6 heteroatoms. The molecule has 6 nitrogen and oxygen atoms in total. The van der Waals surface area contributed by atoms with Gasteiger partial charge in [0.1, 0.15) is 11.1 Å². The molecule has 0 unspecified atom stereocenters. The highest BCUT2D eigenvalue weighted by molar-refractivity contribution is 5.81. The molecule has 0 radical (unpaired) electrons. The van der Waals surface area contributed by atoms with Gasteiger partial charge in [-0.25, -0.2) is 0 Å². The molecule has 104 valence electrons. The summed E-state index contributed by atoms with van der Waals surface area (Å²) >= 11 is 0. The van der Waals surface area contributed by atoms with Crippen LogP contribution in [0.1, 0.15) is 45.4 Å². The number of hydrogen-bond acceptors (Lipinski definition) is 5. The quantitative estimate of drug-likeness (QED) is 0.630. The minimum absolute atomic E-state index is 0.235. The molecule has 18 heavy (non-hydrogen) atoms. The third-order valence-electron chi connectivity index (χ3n) is 3.60. The Morgan fingerprint density at radius 3 is 1.72 bits per heavy atom. The van der Waals surface area contributed by atoms with Crippen LogP contribution in [0.4, 0.5) is 0 Å². The van der Waals surface area contributed by atoms with Crippen molar-refractivity contribution in [2.45, 2.75) is 56.5 Å². The van der Waals surface area contributed by atoms with Crippen LogP contribution in [-0.4, -0.2) is 34.7 Å². The maximum Gasteiger partial charge on any atom is 0.326 e. The highest BCUT2D eigenvalue weighted by atomic mass is 16.5. The van der Waals surface area contributed by atoms with Crippen molar-refractivity contribution in [3.05, 3.63) is 0 Å². The normalized spacial score (nSPS) is 22.6. The average Bonchev–Trinajstić information content (AvgIpc) is 2.23. The highest BCUT2D eigenvalue weighted by Gasteiger charge is 2.41. The number of nitrogens with two attached hydrogens (primary N) is 2. The maximum atomic E-state index is 11.0. The maximum absolute atomic E-state index is 11.0. The smallest absolute Gasteiger partial charge is 0.326 e. The molecule has 2 rings (SSSR count). The van der Waals surface area contributed by atoms with Gasteiger partial charge in [0, 0.05) is 0 Å². The van der Waals surface area contributed by atoms with Crippen LogP contribution < -0.4 is 11.5 Å². The summed E-state index contributed by atoms with van der Waals surface area (Å²) in [6.45, 7) is 2.22. The Morgan fingerprint density at radius 2 is 1.56 bits per heavy atom. The lowest BCUT2D eigenvalue weighted by Crippen LogP contribution is -2.54. The Hall–Kier alpha value is -1.14. The summed E-state index contributed by atoms with van der Waals surface area (Å²) in [4.78, 5) is 21.2. The fraction of sp³-hybridized carbons (Fsp3) is 0.833. The van der Waals surface area contributed by atoms with Gasteiger partial charge in [0.05, 0.1) is 6.61 Å². The molecule has 0 spiro atoms. The summed E-state index contributed by atoms with van der Waals surface area (Å²) in [6, 6.07) is 0. The Labute approximate surface area is 107 Å². The first-order valence-corrected chi connectivity index (χ1v) is 6.32. The molecular weight excluding hydrogens is 236 g/mol. The Balaban J connectivity index is 0.000000184. The van der Waals surface area contributed by atoms with Crippen LogP contribution in [0.3, 0.4) is 0 Å². The molecule has 0 aromatic heterocycles. The Bertz CT molecular complexity index is 322. The van der Waals surface area contributed by atoms with Crippen LogP contribution in [0, 0.1) is 0 Å². The largest absolute Gasteiger partial charge is 0.480 e. The molecule has 2 aliphatic rings. The molecular formula is C12H22N2O4. The lowest BCUT2D eigenvalue weighted by molar-refractivity contribution is -0.153. The first kappa shape index (κ1) is 14.9. The molecule has 2 aliphatic carbocycles. The lowest BCUT2D eigenvalue weighted by atomic mass is 9.78. The fourth-order valence-electron chi connectivity index (χ4n) is 1.81. The van der Waals surface area contributed by atoms with Gasteiger partial charge in [0.2, 0.25) is 0 Å². The number of carbonyl (C=O) groups is 2. The van der Waals surface area contributed by atoms with E-state index in [9.17, 15) is 9.59 Å². The average molecular weight is 258 g/mol. The number of esters is 1. The zero-order valence-electron chi connectivity index (χ0n) is 10.8. The molecule has 0 aromatic carbocycles. The van der Waals surface area contributed by atoms with Crippen molar-refractivity contribution in [1.82, 2.24) is 0 Å². The second kappa shape index (κ2) is 5.67. The fourth-order valence-corrected chi connectivity index (χ4v) is 1.81. The molecule has 0 heterocycles. The molecule has 0 bridgehead atoms. The minimum atomic E-state index is -0.861. The van der Waals surface area contributed by atoms with Crippen molar-refractivity contribution in [2.75, 3.05) is 6.61 Å². The van der Waals surface area contributed by atoms with E-state index in [1.54, 1.807) is 6.92 Å². The van der Waals surface area contributed by atoms with Crippen molar-refractivity contribution in [1.29, 1.82) is 0 Å². The van der Waals surface area contributed by atoms with Crippen molar-refractivity contribution in [3.63, 3.8) is 0 Å². The Morgan fingerprint density at radius 1 is 1.11 bits per heavy atom. The SMILES string of the molecule is CCOC(=O)C1(N)CCC1.NC1(C(=O)O)CCC1. The predicted octanol–water partition coefficient (Wildman–Crippen LogP) is 0.383. The van der Waals surface area contributed by atoms with Gasteiger partial charge in [0.15, 0.2) is 0 Å². The number of hydrogen-bond donors (Lipinski definition) is 3. The van der Waals surface area contributed by atoms with Crippen molar-refractivity contribution >= 4 is 11.9 Å². The van der Waals surface area contributed by atoms with E-state index in [0.717, 1.165) is 25.7 Å². The predicted molar refractivity (Wildman–Crippen MR) is 65.8 cm³/mol. The molecule has 2 fully saturated rings. The number of ether oxygens (including phenoxy) is 1. The zero-order valence-corrected chi connectivity index (χ0v) is 10.8. The second-order valence-corrected chi connectivity index (χ2v) is 5.05. The number of rotatable bonds is 3. The van der Waals surface area contributed by atoms with Gasteiger partial charge in [-0.05, 0) is 45.4 Å².